The maximum absolute atomic E-state index is 6.17. The second kappa shape index (κ2) is 6.94. The number of nitrogens with zero attached hydrogens (tertiary/aromatic N) is 2. The van der Waals surface area contributed by atoms with Crippen molar-refractivity contribution in [3.8, 4) is 16.9 Å². The number of rotatable bonds is 4. The molecule has 0 bridgehead atoms. The van der Waals surface area contributed by atoms with Gasteiger partial charge in [-0.3, -0.25) is 0 Å². The highest BCUT2D eigenvalue weighted by Crippen LogP contribution is 2.29. The third-order valence-electron chi connectivity index (χ3n) is 4.06. The van der Waals surface area contributed by atoms with Crippen molar-refractivity contribution in [2.45, 2.75) is 0 Å². The molecule has 4 rings (SSSR count). The first kappa shape index (κ1) is 16.2. The minimum atomic E-state index is 0.657. The molecule has 128 valence electrons. The summed E-state index contributed by atoms with van der Waals surface area (Å²) in [6.07, 6.45) is 0. The molecule has 0 spiro atoms. The fourth-order valence-electron chi connectivity index (χ4n) is 2.77. The molecule has 1 aromatic heterocycles. The summed E-state index contributed by atoms with van der Waals surface area (Å²) in [5.41, 5.74) is 10.4. The predicted octanol–water partition coefficient (Wildman–Crippen LogP) is 5.52. The van der Waals surface area contributed by atoms with E-state index in [1.54, 1.807) is 0 Å². The Bertz CT molecular complexity index is 1040. The zero-order valence-corrected chi connectivity index (χ0v) is 14.7. The Morgan fingerprint density at radius 1 is 0.846 bits per heavy atom. The summed E-state index contributed by atoms with van der Waals surface area (Å²) in [5, 5.41) is 8.81. The maximum atomic E-state index is 6.17. The van der Waals surface area contributed by atoms with Gasteiger partial charge in [0.25, 0.3) is 0 Å². The van der Waals surface area contributed by atoms with Crippen LogP contribution in [-0.4, -0.2) is 9.78 Å². The predicted molar refractivity (Wildman–Crippen MR) is 108 cm³/mol. The van der Waals surface area contributed by atoms with Crippen molar-refractivity contribution < 1.29 is 0 Å². The summed E-state index contributed by atoms with van der Waals surface area (Å²) in [6, 6.07) is 27.3. The van der Waals surface area contributed by atoms with Crippen LogP contribution in [0.3, 0.4) is 0 Å². The number of hydrogen-bond donors (Lipinski definition) is 2. The van der Waals surface area contributed by atoms with Crippen molar-refractivity contribution in [1.29, 1.82) is 0 Å². The van der Waals surface area contributed by atoms with Crippen LogP contribution >= 0.6 is 11.6 Å². The molecule has 0 unspecified atom stereocenters. The van der Waals surface area contributed by atoms with Crippen LogP contribution < -0.4 is 11.1 Å². The van der Waals surface area contributed by atoms with Crippen LogP contribution in [0.15, 0.2) is 84.9 Å². The molecular weight excluding hydrogens is 344 g/mol. The van der Waals surface area contributed by atoms with E-state index in [1.165, 1.54) is 0 Å². The molecule has 5 heteroatoms. The topological polar surface area (TPSA) is 55.9 Å². The van der Waals surface area contributed by atoms with Gasteiger partial charge in [0.05, 0.1) is 22.8 Å². The summed E-state index contributed by atoms with van der Waals surface area (Å²) >= 11 is 6.17. The molecule has 0 saturated heterocycles. The zero-order chi connectivity index (χ0) is 17.9. The van der Waals surface area contributed by atoms with Crippen molar-refractivity contribution in [2.24, 2.45) is 0 Å². The first-order valence-corrected chi connectivity index (χ1v) is 8.61. The quantitative estimate of drug-likeness (QED) is 0.471. The van der Waals surface area contributed by atoms with Crippen LogP contribution in [0.1, 0.15) is 0 Å². The van der Waals surface area contributed by atoms with Crippen LogP contribution in [0.5, 0.6) is 0 Å². The van der Waals surface area contributed by atoms with E-state index in [-0.39, 0.29) is 0 Å². The van der Waals surface area contributed by atoms with Crippen molar-refractivity contribution in [1.82, 2.24) is 9.78 Å². The Balaban J connectivity index is 1.83. The van der Waals surface area contributed by atoms with Gasteiger partial charge in [0.1, 0.15) is 5.82 Å². The van der Waals surface area contributed by atoms with Crippen LogP contribution in [-0.2, 0) is 0 Å². The highest BCUT2D eigenvalue weighted by molar-refractivity contribution is 6.30. The lowest BCUT2D eigenvalue weighted by molar-refractivity contribution is 0.892. The fourth-order valence-corrected chi connectivity index (χ4v) is 2.96. The normalized spacial score (nSPS) is 10.7. The summed E-state index contributed by atoms with van der Waals surface area (Å²) in [6.45, 7) is 0. The van der Waals surface area contributed by atoms with E-state index in [2.05, 4.69) is 5.32 Å². The first-order valence-electron chi connectivity index (χ1n) is 8.24. The van der Waals surface area contributed by atoms with Crippen LogP contribution in [0.25, 0.3) is 16.9 Å². The third kappa shape index (κ3) is 3.27. The molecule has 0 amide bonds. The van der Waals surface area contributed by atoms with Gasteiger partial charge in [-0.2, -0.15) is 5.10 Å². The minimum absolute atomic E-state index is 0.657. The number of para-hydroxylation sites is 2. The molecule has 0 aliphatic rings. The summed E-state index contributed by atoms with van der Waals surface area (Å²) in [5.74, 6) is 0.809. The SMILES string of the molecule is Nc1ccccc1Nc1cc(-c2ccccc2)nn1-c1cccc(Cl)c1. The van der Waals surface area contributed by atoms with Crippen molar-refractivity contribution in [3.63, 3.8) is 0 Å². The van der Waals surface area contributed by atoms with Gasteiger partial charge in [-0.15, -0.1) is 0 Å². The highest BCUT2D eigenvalue weighted by Gasteiger charge is 2.12. The molecule has 4 nitrogen and oxygen atoms in total. The molecule has 3 N–H and O–H groups in total. The zero-order valence-electron chi connectivity index (χ0n) is 13.9. The molecule has 1 heterocycles. The van der Waals surface area contributed by atoms with Crippen LogP contribution in [0, 0.1) is 0 Å². The summed E-state index contributed by atoms with van der Waals surface area (Å²) < 4.78 is 1.83. The molecule has 26 heavy (non-hydrogen) atoms. The van der Waals surface area contributed by atoms with Crippen molar-refractivity contribution in [2.75, 3.05) is 11.1 Å². The Morgan fingerprint density at radius 2 is 1.62 bits per heavy atom. The number of nitrogens with two attached hydrogens (primary N) is 1. The number of hydrogen-bond acceptors (Lipinski definition) is 3. The third-order valence-corrected chi connectivity index (χ3v) is 4.29. The van der Waals surface area contributed by atoms with Crippen molar-refractivity contribution in [3.05, 3.63) is 90.0 Å². The Morgan fingerprint density at radius 3 is 2.38 bits per heavy atom. The van der Waals surface area contributed by atoms with E-state index < -0.39 is 0 Å². The molecule has 0 saturated carbocycles. The lowest BCUT2D eigenvalue weighted by atomic mass is 10.1. The van der Waals surface area contributed by atoms with Crippen LogP contribution in [0.2, 0.25) is 5.02 Å². The number of nitrogens with one attached hydrogen (secondary N) is 1. The minimum Gasteiger partial charge on any atom is -0.397 e. The molecular formula is C21H17ClN4. The van der Waals surface area contributed by atoms with Gasteiger partial charge in [-0.25, -0.2) is 4.68 Å². The maximum Gasteiger partial charge on any atom is 0.134 e. The number of anilines is 3. The number of aromatic nitrogens is 2. The van der Waals surface area contributed by atoms with Gasteiger partial charge < -0.3 is 11.1 Å². The van der Waals surface area contributed by atoms with Crippen molar-refractivity contribution >= 4 is 28.8 Å². The largest absolute Gasteiger partial charge is 0.397 e. The van der Waals surface area contributed by atoms with E-state index >= 15 is 0 Å². The van der Waals surface area contributed by atoms with E-state index in [0.29, 0.717) is 10.7 Å². The lowest BCUT2D eigenvalue weighted by Crippen LogP contribution is -2.04. The van der Waals surface area contributed by atoms with E-state index in [9.17, 15) is 0 Å². The smallest absolute Gasteiger partial charge is 0.134 e. The Kier molecular flexibility index (Phi) is 4.33. The lowest BCUT2D eigenvalue weighted by Gasteiger charge is -2.11. The average molecular weight is 361 g/mol. The van der Waals surface area contributed by atoms with Gasteiger partial charge in [-0.1, -0.05) is 60.1 Å². The first-order chi connectivity index (χ1) is 12.7. The van der Waals surface area contributed by atoms with Gasteiger partial charge in [-0.05, 0) is 30.3 Å². The van der Waals surface area contributed by atoms with E-state index in [0.717, 1.165) is 28.5 Å². The Labute approximate surface area is 156 Å². The van der Waals surface area contributed by atoms with E-state index in [4.69, 9.17) is 22.4 Å². The number of halogens is 1. The molecule has 0 fully saturated rings. The molecule has 4 aromatic rings. The molecule has 0 radical (unpaired) electrons. The molecule has 0 aliphatic carbocycles. The highest BCUT2D eigenvalue weighted by atomic mass is 35.5. The van der Waals surface area contributed by atoms with Gasteiger partial charge in [0.2, 0.25) is 0 Å². The van der Waals surface area contributed by atoms with Gasteiger partial charge >= 0.3 is 0 Å². The molecule has 0 atom stereocenters. The number of benzene rings is 3. The van der Waals surface area contributed by atoms with Crippen LogP contribution in [0.4, 0.5) is 17.2 Å². The average Bonchev–Trinajstić information content (AvgIpc) is 3.08. The fraction of sp³-hybridized carbons (Fsp3) is 0. The van der Waals surface area contributed by atoms with Gasteiger partial charge in [0.15, 0.2) is 0 Å². The van der Waals surface area contributed by atoms with Gasteiger partial charge in [0, 0.05) is 16.7 Å². The standard InChI is InChI=1S/C21H17ClN4/c22-16-9-6-10-17(13-16)26-21(24-19-12-5-4-11-18(19)23)14-20(25-26)15-7-2-1-3-8-15/h1-14,24H,23H2. The van der Waals surface area contributed by atoms with E-state index in [1.807, 2.05) is 89.6 Å². The Hall–Kier alpha value is -3.24. The molecule has 0 aliphatic heterocycles. The monoisotopic (exact) mass is 360 g/mol. The summed E-state index contributed by atoms with van der Waals surface area (Å²) in [7, 11) is 0. The second-order valence-corrected chi connectivity index (χ2v) is 6.32. The second-order valence-electron chi connectivity index (χ2n) is 5.88. The molecule has 3 aromatic carbocycles. The number of nitrogen functional groups attached to an aromatic ring is 1. The summed E-state index contributed by atoms with van der Waals surface area (Å²) in [4.78, 5) is 0.